The van der Waals surface area contributed by atoms with Gasteiger partial charge in [0, 0.05) is 6.04 Å². The lowest BCUT2D eigenvalue weighted by molar-refractivity contribution is -0.120. The van der Waals surface area contributed by atoms with E-state index in [-0.39, 0.29) is 18.0 Å². The van der Waals surface area contributed by atoms with Crippen molar-refractivity contribution >= 4 is 11.9 Å². The zero-order valence-electron chi connectivity index (χ0n) is 10.1. The molecule has 0 bridgehead atoms. The fourth-order valence-electron chi connectivity index (χ4n) is 1.95. The lowest BCUT2D eigenvalue weighted by Gasteiger charge is -2.33. The predicted octanol–water partition coefficient (Wildman–Crippen LogP) is 0.594. The van der Waals surface area contributed by atoms with E-state index in [9.17, 15) is 9.59 Å². The molecule has 0 radical (unpaired) electrons. The summed E-state index contributed by atoms with van der Waals surface area (Å²) in [5, 5.41) is 5.43. The molecule has 5 nitrogen and oxygen atoms in total. The molecule has 16 heavy (non-hydrogen) atoms. The molecule has 4 N–H and O–H groups in total. The molecule has 0 saturated heterocycles. The molecule has 0 aromatic rings. The van der Waals surface area contributed by atoms with Crippen LogP contribution in [0, 0.1) is 11.8 Å². The Hall–Kier alpha value is -1.26. The second kappa shape index (κ2) is 5.18. The summed E-state index contributed by atoms with van der Waals surface area (Å²) >= 11 is 0. The van der Waals surface area contributed by atoms with Crippen molar-refractivity contribution in [2.45, 2.75) is 45.7 Å². The number of rotatable bonds is 4. The molecular weight excluding hydrogens is 206 g/mol. The molecule has 0 aromatic carbocycles. The Balaban J connectivity index is 2.34. The van der Waals surface area contributed by atoms with Crippen molar-refractivity contribution in [1.82, 2.24) is 10.6 Å². The van der Waals surface area contributed by atoms with Crippen LogP contribution in [0.15, 0.2) is 0 Å². The summed E-state index contributed by atoms with van der Waals surface area (Å²) in [5.41, 5.74) is 5.20. The van der Waals surface area contributed by atoms with Gasteiger partial charge < -0.3 is 16.4 Å². The molecule has 1 atom stereocenters. The third-order valence-electron chi connectivity index (χ3n) is 2.97. The van der Waals surface area contributed by atoms with Crippen LogP contribution in [-0.2, 0) is 4.79 Å². The van der Waals surface area contributed by atoms with Gasteiger partial charge in [-0.05, 0) is 24.7 Å². The number of nitrogens with one attached hydrogen (secondary N) is 2. The summed E-state index contributed by atoms with van der Waals surface area (Å²) in [6.45, 7) is 5.85. The molecule has 0 spiro atoms. The Morgan fingerprint density at radius 3 is 2.25 bits per heavy atom. The van der Waals surface area contributed by atoms with E-state index in [4.69, 9.17) is 5.73 Å². The molecule has 1 rings (SSSR count). The normalized spacial score (nSPS) is 25.8. The largest absolute Gasteiger partial charge is 0.368 e. The van der Waals surface area contributed by atoms with Gasteiger partial charge in [0.05, 0.1) is 0 Å². The second-order valence-electron chi connectivity index (χ2n) is 5.02. The van der Waals surface area contributed by atoms with Crippen molar-refractivity contribution in [3.63, 3.8) is 0 Å². The van der Waals surface area contributed by atoms with Crippen molar-refractivity contribution in [3.05, 3.63) is 0 Å². The van der Waals surface area contributed by atoms with Crippen molar-refractivity contribution in [3.8, 4) is 0 Å². The van der Waals surface area contributed by atoms with E-state index < -0.39 is 11.9 Å². The fourth-order valence-corrected chi connectivity index (χ4v) is 1.95. The highest BCUT2D eigenvalue weighted by Gasteiger charge is 2.28. The third kappa shape index (κ3) is 3.40. The molecule has 1 unspecified atom stereocenters. The Morgan fingerprint density at radius 2 is 1.88 bits per heavy atom. The first-order chi connectivity index (χ1) is 7.40. The molecule has 0 aromatic heterocycles. The van der Waals surface area contributed by atoms with Crippen LogP contribution in [0.25, 0.3) is 0 Å². The van der Waals surface area contributed by atoms with Gasteiger partial charge in [0.15, 0.2) is 0 Å². The predicted molar refractivity (Wildman–Crippen MR) is 61.7 cm³/mol. The second-order valence-corrected chi connectivity index (χ2v) is 5.02. The van der Waals surface area contributed by atoms with Crippen molar-refractivity contribution in [1.29, 1.82) is 0 Å². The number of carbonyl (C=O) groups is 2. The van der Waals surface area contributed by atoms with Crippen LogP contribution in [0.4, 0.5) is 4.79 Å². The van der Waals surface area contributed by atoms with Gasteiger partial charge in [-0.15, -0.1) is 0 Å². The van der Waals surface area contributed by atoms with E-state index >= 15 is 0 Å². The summed E-state index contributed by atoms with van der Waals surface area (Å²) < 4.78 is 0. The van der Waals surface area contributed by atoms with E-state index in [0.717, 1.165) is 12.8 Å². The SMILES string of the molecule is CC1CC(NC(=O)NC(C(N)=O)C(C)C)C1. The summed E-state index contributed by atoms with van der Waals surface area (Å²) in [5.74, 6) is 0.193. The van der Waals surface area contributed by atoms with E-state index in [1.54, 1.807) is 0 Å². The minimum Gasteiger partial charge on any atom is -0.368 e. The fraction of sp³-hybridized carbons (Fsp3) is 0.818. The number of primary amides is 1. The van der Waals surface area contributed by atoms with Crippen LogP contribution in [0.1, 0.15) is 33.6 Å². The van der Waals surface area contributed by atoms with Crippen LogP contribution >= 0.6 is 0 Å². The first-order valence-electron chi connectivity index (χ1n) is 5.76. The number of nitrogens with two attached hydrogens (primary N) is 1. The maximum absolute atomic E-state index is 11.5. The highest BCUT2D eigenvalue weighted by Crippen LogP contribution is 2.25. The molecule has 3 amide bonds. The van der Waals surface area contributed by atoms with Gasteiger partial charge >= 0.3 is 6.03 Å². The summed E-state index contributed by atoms with van der Waals surface area (Å²) in [7, 11) is 0. The molecule has 0 aliphatic heterocycles. The lowest BCUT2D eigenvalue weighted by Crippen LogP contribution is -2.54. The average molecular weight is 227 g/mol. The number of hydrogen-bond donors (Lipinski definition) is 3. The smallest absolute Gasteiger partial charge is 0.315 e. The first-order valence-corrected chi connectivity index (χ1v) is 5.76. The van der Waals surface area contributed by atoms with E-state index in [2.05, 4.69) is 17.6 Å². The van der Waals surface area contributed by atoms with Crippen LogP contribution < -0.4 is 16.4 Å². The molecule has 1 aliphatic rings. The van der Waals surface area contributed by atoms with Gasteiger partial charge in [0.2, 0.25) is 5.91 Å². The van der Waals surface area contributed by atoms with Crippen molar-refractivity contribution in [2.24, 2.45) is 17.6 Å². The molecule has 1 fully saturated rings. The Morgan fingerprint density at radius 1 is 1.31 bits per heavy atom. The lowest BCUT2D eigenvalue weighted by atomic mass is 9.82. The van der Waals surface area contributed by atoms with Crippen LogP contribution in [0.2, 0.25) is 0 Å². The third-order valence-corrected chi connectivity index (χ3v) is 2.97. The highest BCUT2D eigenvalue weighted by atomic mass is 16.2. The Kier molecular flexibility index (Phi) is 4.15. The Labute approximate surface area is 96.1 Å². The number of urea groups is 1. The maximum atomic E-state index is 11.5. The van der Waals surface area contributed by atoms with E-state index in [0.29, 0.717) is 5.92 Å². The van der Waals surface area contributed by atoms with Crippen LogP contribution in [-0.4, -0.2) is 24.0 Å². The molecular formula is C11H21N3O2. The monoisotopic (exact) mass is 227 g/mol. The van der Waals surface area contributed by atoms with Gasteiger partial charge in [-0.3, -0.25) is 4.79 Å². The quantitative estimate of drug-likeness (QED) is 0.657. The topological polar surface area (TPSA) is 84.2 Å². The minimum absolute atomic E-state index is 0.00330. The van der Waals surface area contributed by atoms with E-state index in [1.165, 1.54) is 0 Å². The first kappa shape index (κ1) is 12.8. The van der Waals surface area contributed by atoms with Gasteiger partial charge in [0.25, 0.3) is 0 Å². The average Bonchev–Trinajstić information content (AvgIpc) is 2.10. The minimum atomic E-state index is -0.600. The number of hydrogen-bond acceptors (Lipinski definition) is 2. The van der Waals surface area contributed by atoms with Crippen LogP contribution in [0.3, 0.4) is 0 Å². The number of carbonyl (C=O) groups excluding carboxylic acids is 2. The zero-order chi connectivity index (χ0) is 12.3. The van der Waals surface area contributed by atoms with Gasteiger partial charge in [0.1, 0.15) is 6.04 Å². The van der Waals surface area contributed by atoms with Crippen molar-refractivity contribution in [2.75, 3.05) is 0 Å². The maximum Gasteiger partial charge on any atom is 0.315 e. The summed E-state index contributed by atoms with van der Waals surface area (Å²) in [6, 6.07) is -0.650. The number of amides is 3. The van der Waals surface area contributed by atoms with Crippen molar-refractivity contribution < 1.29 is 9.59 Å². The molecule has 1 saturated carbocycles. The standard InChI is InChI=1S/C11H21N3O2/c1-6(2)9(10(12)15)14-11(16)13-8-4-7(3)5-8/h6-9H,4-5H2,1-3H3,(H2,12,15)(H2,13,14,16). The molecule has 0 heterocycles. The van der Waals surface area contributed by atoms with E-state index in [1.807, 2.05) is 13.8 Å². The molecule has 92 valence electrons. The van der Waals surface area contributed by atoms with Crippen LogP contribution in [0.5, 0.6) is 0 Å². The van der Waals surface area contributed by atoms with Gasteiger partial charge in [-0.25, -0.2) is 4.79 Å². The van der Waals surface area contributed by atoms with Gasteiger partial charge in [-0.1, -0.05) is 20.8 Å². The molecule has 5 heteroatoms. The van der Waals surface area contributed by atoms with Gasteiger partial charge in [-0.2, -0.15) is 0 Å². The Bertz CT molecular complexity index is 272. The zero-order valence-corrected chi connectivity index (χ0v) is 10.1. The summed E-state index contributed by atoms with van der Waals surface area (Å²) in [4.78, 5) is 22.6. The highest BCUT2D eigenvalue weighted by molar-refractivity contribution is 5.86. The summed E-state index contributed by atoms with van der Waals surface area (Å²) in [6.07, 6.45) is 2.02. The molecule has 1 aliphatic carbocycles.